The lowest BCUT2D eigenvalue weighted by molar-refractivity contribution is -0.144. The van der Waals surface area contributed by atoms with Crippen molar-refractivity contribution < 1.29 is 32.6 Å². The van der Waals surface area contributed by atoms with Gasteiger partial charge in [0.2, 0.25) is 11.8 Å². The zero-order valence-corrected chi connectivity index (χ0v) is 27.7. The number of aryl methyl sites for hydroxylation is 1. The summed E-state index contributed by atoms with van der Waals surface area (Å²) < 4.78 is 39.6. The van der Waals surface area contributed by atoms with Crippen LogP contribution >= 0.6 is 0 Å². The quantitative estimate of drug-likeness (QED) is 0.190. The maximum atomic E-state index is 14.8. The molecule has 1 heterocycles. The van der Waals surface area contributed by atoms with Crippen LogP contribution in [0.3, 0.4) is 0 Å². The van der Waals surface area contributed by atoms with Crippen molar-refractivity contribution in [1.29, 1.82) is 0 Å². The van der Waals surface area contributed by atoms with Gasteiger partial charge in [0.25, 0.3) is 0 Å². The molecular weight excluding hydrogens is 606 g/mol. The lowest BCUT2D eigenvalue weighted by atomic mass is 9.82. The highest BCUT2D eigenvalue weighted by atomic mass is 19.1. The van der Waals surface area contributed by atoms with Gasteiger partial charge in [-0.1, -0.05) is 38.3 Å². The highest BCUT2D eigenvalue weighted by molar-refractivity contribution is 5.98. The Balaban J connectivity index is 1.22. The van der Waals surface area contributed by atoms with Crippen LogP contribution in [-0.4, -0.2) is 61.7 Å². The molecule has 258 valence electrons. The number of unbranched alkanes of at least 4 members (excludes halogenated alkanes) is 2. The summed E-state index contributed by atoms with van der Waals surface area (Å²) in [5, 5.41) is 5.60. The van der Waals surface area contributed by atoms with Crippen LogP contribution < -0.4 is 21.1 Å². The number of methoxy groups -OCH3 is 1. The van der Waals surface area contributed by atoms with Gasteiger partial charge in [0.15, 0.2) is 11.6 Å². The maximum absolute atomic E-state index is 14.8. The molecule has 2 aromatic rings. The van der Waals surface area contributed by atoms with E-state index in [2.05, 4.69) is 15.4 Å². The highest BCUT2D eigenvalue weighted by Gasteiger charge is 2.40. The summed E-state index contributed by atoms with van der Waals surface area (Å²) in [6.07, 6.45) is 9.79. The van der Waals surface area contributed by atoms with Crippen LogP contribution in [0.15, 0.2) is 36.4 Å². The number of hydrogen-bond donors (Lipinski definition) is 3. The second-order valence-corrected chi connectivity index (χ2v) is 12.8. The van der Waals surface area contributed by atoms with Crippen molar-refractivity contribution in [3.05, 3.63) is 59.2 Å². The average Bonchev–Trinajstić information content (AvgIpc) is 3.07. The van der Waals surface area contributed by atoms with E-state index in [9.17, 15) is 23.2 Å². The van der Waals surface area contributed by atoms with E-state index in [-0.39, 0.29) is 42.2 Å². The van der Waals surface area contributed by atoms with Gasteiger partial charge in [-0.05, 0) is 93.0 Å². The molecule has 2 fully saturated rings. The van der Waals surface area contributed by atoms with E-state index in [0.29, 0.717) is 31.5 Å². The van der Waals surface area contributed by atoms with Gasteiger partial charge in [-0.3, -0.25) is 9.59 Å². The number of ether oxygens (including phenoxy) is 2. The Morgan fingerprint density at radius 1 is 1.00 bits per heavy atom. The summed E-state index contributed by atoms with van der Waals surface area (Å²) in [4.78, 5) is 39.6. The van der Waals surface area contributed by atoms with Crippen LogP contribution in [0.4, 0.5) is 19.3 Å². The Morgan fingerprint density at radius 2 is 1.74 bits per heavy atom. The Morgan fingerprint density at radius 3 is 2.45 bits per heavy atom. The standard InChI is InChI=1S/C36H50F2N4O5/c1-3-25(23-40-36(45)46-2)28-21-30(38)32(22-29(28)37)47-20-9-5-6-11-24-15-17-27(18-16-24)41-34(43)33(26-12-7-4-8-13-26)42-19-10-14-31(39)35(42)44/h15-18,21-22,25-26,31,33H,3-14,19-20,23,39H2,1-2H3,(H,40,45)(H,41,43)/t25-,31?,33?/m1/s1. The summed E-state index contributed by atoms with van der Waals surface area (Å²) in [5.74, 6) is -1.85. The molecule has 4 N–H and O–H groups in total. The van der Waals surface area contributed by atoms with E-state index in [0.717, 1.165) is 69.1 Å². The molecule has 0 aromatic heterocycles. The fourth-order valence-electron chi connectivity index (χ4n) is 6.75. The van der Waals surface area contributed by atoms with E-state index in [1.807, 2.05) is 31.2 Å². The first-order valence-corrected chi connectivity index (χ1v) is 17.1. The molecule has 0 spiro atoms. The first-order chi connectivity index (χ1) is 22.7. The molecule has 1 saturated carbocycles. The molecule has 1 aliphatic heterocycles. The lowest BCUT2D eigenvalue weighted by Gasteiger charge is -2.41. The van der Waals surface area contributed by atoms with E-state index in [1.54, 1.807) is 4.90 Å². The molecule has 47 heavy (non-hydrogen) atoms. The molecule has 1 aliphatic carbocycles. The third-order valence-electron chi connectivity index (χ3n) is 9.47. The number of halogens is 2. The number of alkyl carbamates (subject to hydrolysis) is 1. The second-order valence-electron chi connectivity index (χ2n) is 12.8. The van der Waals surface area contributed by atoms with Crippen LogP contribution in [0.5, 0.6) is 5.75 Å². The van der Waals surface area contributed by atoms with Gasteiger partial charge in [0.05, 0.1) is 19.8 Å². The molecule has 1 saturated heterocycles. The monoisotopic (exact) mass is 656 g/mol. The summed E-state index contributed by atoms with van der Waals surface area (Å²) in [6, 6.07) is 8.96. The molecule has 2 aliphatic rings. The van der Waals surface area contributed by atoms with Gasteiger partial charge in [-0.15, -0.1) is 0 Å². The predicted octanol–water partition coefficient (Wildman–Crippen LogP) is 6.44. The molecule has 2 aromatic carbocycles. The summed E-state index contributed by atoms with van der Waals surface area (Å²) in [5.41, 5.74) is 8.09. The highest BCUT2D eigenvalue weighted by Crippen LogP contribution is 2.32. The Labute approximate surface area is 276 Å². The minimum atomic E-state index is -0.638. The number of piperidine rings is 1. The molecule has 0 radical (unpaired) electrons. The first kappa shape index (κ1) is 36.1. The molecule has 3 amide bonds. The number of likely N-dealkylation sites (tertiary alicyclic amines) is 1. The van der Waals surface area contributed by atoms with Gasteiger partial charge in [-0.25, -0.2) is 13.6 Å². The number of rotatable bonds is 15. The van der Waals surface area contributed by atoms with Crippen molar-refractivity contribution in [1.82, 2.24) is 10.2 Å². The van der Waals surface area contributed by atoms with Crippen LogP contribution in [0.25, 0.3) is 0 Å². The molecule has 0 bridgehead atoms. The van der Waals surface area contributed by atoms with Crippen molar-refractivity contribution in [3.8, 4) is 5.75 Å². The van der Waals surface area contributed by atoms with Gasteiger partial charge in [0.1, 0.15) is 11.9 Å². The molecule has 4 rings (SSSR count). The first-order valence-electron chi connectivity index (χ1n) is 17.1. The normalized spacial score (nSPS) is 18.4. The smallest absolute Gasteiger partial charge is 0.406 e. The number of nitrogens with two attached hydrogens (primary N) is 1. The third kappa shape index (κ3) is 10.1. The van der Waals surface area contributed by atoms with E-state index in [4.69, 9.17) is 10.5 Å². The van der Waals surface area contributed by atoms with Crippen molar-refractivity contribution in [2.45, 2.75) is 102 Å². The van der Waals surface area contributed by atoms with Gasteiger partial charge < -0.3 is 30.7 Å². The minimum absolute atomic E-state index is 0.120. The van der Waals surface area contributed by atoms with Crippen LogP contribution in [0.2, 0.25) is 0 Å². The van der Waals surface area contributed by atoms with Crippen LogP contribution in [0.1, 0.15) is 94.6 Å². The van der Waals surface area contributed by atoms with E-state index < -0.39 is 35.7 Å². The minimum Gasteiger partial charge on any atom is -0.490 e. The van der Waals surface area contributed by atoms with E-state index in [1.165, 1.54) is 13.5 Å². The Hall–Kier alpha value is -3.73. The topological polar surface area (TPSA) is 123 Å². The largest absolute Gasteiger partial charge is 0.490 e. The van der Waals surface area contributed by atoms with Gasteiger partial charge in [-0.2, -0.15) is 0 Å². The second kappa shape index (κ2) is 18.0. The molecule has 2 unspecified atom stereocenters. The number of anilines is 1. The number of carbonyl (C=O) groups excluding carboxylic acids is 3. The van der Waals surface area contributed by atoms with Crippen molar-refractivity contribution in [2.24, 2.45) is 11.7 Å². The average molecular weight is 657 g/mol. The number of nitrogens with one attached hydrogen (secondary N) is 2. The fraction of sp³-hybridized carbons (Fsp3) is 0.583. The van der Waals surface area contributed by atoms with Crippen LogP contribution in [-0.2, 0) is 20.7 Å². The Kier molecular flexibility index (Phi) is 13.8. The fourth-order valence-corrected chi connectivity index (χ4v) is 6.75. The lowest BCUT2D eigenvalue weighted by Crippen LogP contribution is -2.58. The van der Waals surface area contributed by atoms with Crippen molar-refractivity contribution in [2.75, 3.05) is 32.1 Å². The Bertz CT molecular complexity index is 1340. The number of hydrogen-bond acceptors (Lipinski definition) is 6. The number of amides is 3. The molecule has 9 nitrogen and oxygen atoms in total. The SMILES string of the molecule is CC[C@H](CNC(=O)OC)c1cc(F)c(OCCCCCc2ccc(NC(=O)C(C3CCCCC3)N3CCCC(N)C3=O)cc2)cc1F. The summed E-state index contributed by atoms with van der Waals surface area (Å²) >= 11 is 0. The number of nitrogens with zero attached hydrogens (tertiary/aromatic N) is 1. The summed E-state index contributed by atoms with van der Waals surface area (Å²) in [6.45, 7) is 2.80. The van der Waals surface area contributed by atoms with E-state index >= 15 is 0 Å². The van der Waals surface area contributed by atoms with Gasteiger partial charge >= 0.3 is 6.09 Å². The maximum Gasteiger partial charge on any atom is 0.406 e. The zero-order valence-electron chi connectivity index (χ0n) is 27.7. The number of carbonyl (C=O) groups is 3. The van der Waals surface area contributed by atoms with Crippen molar-refractivity contribution >= 4 is 23.6 Å². The van der Waals surface area contributed by atoms with Crippen molar-refractivity contribution in [3.63, 3.8) is 0 Å². The molecular formula is C36H50F2N4O5. The predicted molar refractivity (Wildman–Crippen MR) is 177 cm³/mol. The van der Waals surface area contributed by atoms with Gasteiger partial charge in [0, 0.05) is 30.8 Å². The number of benzene rings is 2. The zero-order chi connectivity index (χ0) is 33.8. The van der Waals surface area contributed by atoms with Crippen LogP contribution in [0, 0.1) is 17.6 Å². The third-order valence-corrected chi connectivity index (χ3v) is 9.47. The molecule has 11 heteroatoms. The molecule has 3 atom stereocenters. The summed E-state index contributed by atoms with van der Waals surface area (Å²) in [7, 11) is 1.25.